The molecule has 27 heavy (non-hydrogen) atoms. The number of nitrogens with zero attached hydrogens (tertiary/aromatic N) is 2. The topological polar surface area (TPSA) is 66.9 Å². The number of amides is 2. The highest BCUT2D eigenvalue weighted by Crippen LogP contribution is 2.23. The Balaban J connectivity index is 1.50. The first kappa shape index (κ1) is 19.4. The molecule has 1 aliphatic heterocycles. The van der Waals surface area contributed by atoms with Crippen LogP contribution in [0.3, 0.4) is 0 Å². The minimum absolute atomic E-state index is 0.0479. The molecular weight excluding hydrogens is 344 g/mol. The number of hydrogen-bond donors (Lipinski definition) is 0. The van der Waals surface area contributed by atoms with Gasteiger partial charge in [0.2, 0.25) is 11.8 Å². The standard InChI is InChI=1S/C21H28N2O4/c1-27-21(26)9-8-19(24)22-10-3-11-23(13-12-22)20(25)15-16-6-7-17-4-2-5-18(17)14-16/h6-7,14H,2-5,8-13,15H2,1H3. The predicted octanol–water partition coefficient (Wildman–Crippen LogP) is 1.73. The Labute approximate surface area is 160 Å². The van der Waals surface area contributed by atoms with E-state index in [4.69, 9.17) is 0 Å². The summed E-state index contributed by atoms with van der Waals surface area (Å²) < 4.78 is 4.58. The zero-order valence-corrected chi connectivity index (χ0v) is 16.0. The number of rotatable bonds is 5. The molecule has 0 spiro atoms. The number of carbonyl (C=O) groups is 3. The molecule has 2 amide bonds. The van der Waals surface area contributed by atoms with E-state index in [2.05, 4.69) is 22.9 Å². The third-order valence-corrected chi connectivity index (χ3v) is 5.49. The Morgan fingerprint density at radius 2 is 1.59 bits per heavy atom. The molecular formula is C21H28N2O4. The third-order valence-electron chi connectivity index (χ3n) is 5.49. The van der Waals surface area contributed by atoms with Crippen LogP contribution in [0.15, 0.2) is 18.2 Å². The molecule has 1 aromatic carbocycles. The van der Waals surface area contributed by atoms with Gasteiger partial charge in [-0.15, -0.1) is 0 Å². The van der Waals surface area contributed by atoms with Crippen molar-refractivity contribution in [1.29, 1.82) is 0 Å². The summed E-state index contributed by atoms with van der Waals surface area (Å²) in [7, 11) is 1.32. The van der Waals surface area contributed by atoms with Crippen molar-refractivity contribution in [1.82, 2.24) is 9.80 Å². The molecule has 0 unspecified atom stereocenters. The normalized spacial score (nSPS) is 16.6. The number of ether oxygens (including phenoxy) is 1. The molecule has 1 fully saturated rings. The van der Waals surface area contributed by atoms with E-state index in [9.17, 15) is 14.4 Å². The van der Waals surface area contributed by atoms with Gasteiger partial charge in [-0.25, -0.2) is 0 Å². The summed E-state index contributed by atoms with van der Waals surface area (Å²) >= 11 is 0. The SMILES string of the molecule is COC(=O)CCC(=O)N1CCCN(C(=O)Cc2ccc3c(c2)CCC3)CC1. The summed E-state index contributed by atoms with van der Waals surface area (Å²) in [6.07, 6.45) is 4.92. The van der Waals surface area contributed by atoms with E-state index in [1.807, 2.05) is 4.90 Å². The van der Waals surface area contributed by atoms with Crippen molar-refractivity contribution in [3.63, 3.8) is 0 Å². The fourth-order valence-electron chi connectivity index (χ4n) is 3.91. The lowest BCUT2D eigenvalue weighted by Gasteiger charge is -2.22. The van der Waals surface area contributed by atoms with Gasteiger partial charge in [0.25, 0.3) is 0 Å². The Morgan fingerprint density at radius 3 is 2.33 bits per heavy atom. The zero-order chi connectivity index (χ0) is 19.2. The number of esters is 1. The molecule has 1 heterocycles. The highest BCUT2D eigenvalue weighted by atomic mass is 16.5. The molecule has 3 rings (SSSR count). The highest BCUT2D eigenvalue weighted by Gasteiger charge is 2.23. The fourth-order valence-corrected chi connectivity index (χ4v) is 3.91. The lowest BCUT2D eigenvalue weighted by molar-refractivity contribution is -0.143. The monoisotopic (exact) mass is 372 g/mol. The maximum absolute atomic E-state index is 12.7. The first-order valence-electron chi connectivity index (χ1n) is 9.80. The van der Waals surface area contributed by atoms with Crippen LogP contribution in [0.25, 0.3) is 0 Å². The van der Waals surface area contributed by atoms with Crippen molar-refractivity contribution in [2.75, 3.05) is 33.3 Å². The number of methoxy groups -OCH3 is 1. The van der Waals surface area contributed by atoms with E-state index in [-0.39, 0.29) is 30.6 Å². The summed E-state index contributed by atoms with van der Waals surface area (Å²) in [6.45, 7) is 2.37. The Kier molecular flexibility index (Phi) is 6.48. The van der Waals surface area contributed by atoms with Crippen molar-refractivity contribution in [2.45, 2.75) is 44.9 Å². The molecule has 0 aromatic heterocycles. The molecule has 0 bridgehead atoms. The van der Waals surface area contributed by atoms with Crippen molar-refractivity contribution >= 4 is 17.8 Å². The fraction of sp³-hybridized carbons (Fsp3) is 0.571. The Morgan fingerprint density at radius 1 is 0.889 bits per heavy atom. The van der Waals surface area contributed by atoms with E-state index in [0.29, 0.717) is 32.6 Å². The van der Waals surface area contributed by atoms with E-state index in [1.165, 1.54) is 24.7 Å². The second kappa shape index (κ2) is 9.02. The molecule has 146 valence electrons. The van der Waals surface area contributed by atoms with Crippen molar-refractivity contribution < 1.29 is 19.1 Å². The molecule has 1 aliphatic carbocycles. The van der Waals surface area contributed by atoms with Gasteiger partial charge in [-0.1, -0.05) is 18.2 Å². The largest absolute Gasteiger partial charge is 0.469 e. The zero-order valence-electron chi connectivity index (χ0n) is 16.0. The predicted molar refractivity (Wildman–Crippen MR) is 101 cm³/mol. The lowest BCUT2D eigenvalue weighted by atomic mass is 10.0. The van der Waals surface area contributed by atoms with Gasteiger partial charge in [-0.05, 0) is 42.4 Å². The maximum Gasteiger partial charge on any atom is 0.306 e. The molecule has 6 heteroatoms. The van der Waals surface area contributed by atoms with Crippen LogP contribution in [0.2, 0.25) is 0 Å². The minimum atomic E-state index is -0.371. The molecule has 1 aromatic rings. The van der Waals surface area contributed by atoms with Crippen LogP contribution in [0.4, 0.5) is 0 Å². The summed E-state index contributed by atoms with van der Waals surface area (Å²) in [6, 6.07) is 6.41. The summed E-state index contributed by atoms with van der Waals surface area (Å²) in [5, 5.41) is 0. The van der Waals surface area contributed by atoms with Gasteiger partial charge >= 0.3 is 5.97 Å². The number of hydrogen-bond acceptors (Lipinski definition) is 4. The summed E-state index contributed by atoms with van der Waals surface area (Å²) in [5.74, 6) is -0.297. The first-order chi connectivity index (χ1) is 13.1. The summed E-state index contributed by atoms with van der Waals surface area (Å²) in [4.78, 5) is 39.8. The van der Waals surface area contributed by atoms with Crippen LogP contribution < -0.4 is 0 Å². The van der Waals surface area contributed by atoms with Gasteiger partial charge in [-0.3, -0.25) is 14.4 Å². The average molecular weight is 372 g/mol. The minimum Gasteiger partial charge on any atom is -0.469 e. The average Bonchev–Trinajstić information content (AvgIpc) is 2.99. The Hall–Kier alpha value is -2.37. The van der Waals surface area contributed by atoms with E-state index in [0.717, 1.165) is 24.8 Å². The van der Waals surface area contributed by atoms with Crippen LogP contribution in [-0.2, 0) is 38.4 Å². The first-order valence-corrected chi connectivity index (χ1v) is 9.80. The van der Waals surface area contributed by atoms with E-state index in [1.54, 1.807) is 4.90 Å². The third kappa shape index (κ3) is 5.08. The van der Waals surface area contributed by atoms with Gasteiger partial charge in [0.15, 0.2) is 0 Å². The van der Waals surface area contributed by atoms with Crippen LogP contribution >= 0.6 is 0 Å². The van der Waals surface area contributed by atoms with Gasteiger partial charge in [0.1, 0.15) is 0 Å². The number of aryl methyl sites for hydroxylation is 2. The maximum atomic E-state index is 12.7. The number of benzene rings is 1. The van der Waals surface area contributed by atoms with Gasteiger partial charge in [0, 0.05) is 32.6 Å². The number of carbonyl (C=O) groups excluding carboxylic acids is 3. The van der Waals surface area contributed by atoms with Crippen molar-refractivity contribution in [2.24, 2.45) is 0 Å². The molecule has 0 saturated carbocycles. The van der Waals surface area contributed by atoms with Crippen LogP contribution in [0.5, 0.6) is 0 Å². The quantitative estimate of drug-likeness (QED) is 0.739. The van der Waals surface area contributed by atoms with Crippen molar-refractivity contribution in [3.8, 4) is 0 Å². The van der Waals surface area contributed by atoms with Crippen LogP contribution in [-0.4, -0.2) is 60.9 Å². The second-order valence-corrected chi connectivity index (χ2v) is 7.32. The lowest BCUT2D eigenvalue weighted by Crippen LogP contribution is -2.38. The van der Waals surface area contributed by atoms with Crippen molar-refractivity contribution in [3.05, 3.63) is 34.9 Å². The van der Waals surface area contributed by atoms with E-state index >= 15 is 0 Å². The second-order valence-electron chi connectivity index (χ2n) is 7.32. The molecule has 1 saturated heterocycles. The summed E-state index contributed by atoms with van der Waals surface area (Å²) in [5.41, 5.74) is 3.89. The van der Waals surface area contributed by atoms with Gasteiger partial charge in [-0.2, -0.15) is 0 Å². The molecule has 6 nitrogen and oxygen atoms in total. The smallest absolute Gasteiger partial charge is 0.306 e. The van der Waals surface area contributed by atoms with E-state index < -0.39 is 0 Å². The molecule has 2 aliphatic rings. The number of fused-ring (bicyclic) bond motifs is 1. The van der Waals surface area contributed by atoms with Crippen LogP contribution in [0, 0.1) is 0 Å². The molecule has 0 radical (unpaired) electrons. The molecule has 0 atom stereocenters. The van der Waals surface area contributed by atoms with Gasteiger partial charge < -0.3 is 14.5 Å². The molecule has 0 N–H and O–H groups in total. The highest BCUT2D eigenvalue weighted by molar-refractivity contribution is 5.82. The van der Waals surface area contributed by atoms with Crippen LogP contribution in [0.1, 0.15) is 42.4 Å². The Bertz CT molecular complexity index is 716. The van der Waals surface area contributed by atoms with Gasteiger partial charge in [0.05, 0.1) is 20.0 Å².